The Hall–Kier alpha value is -1.84. The summed E-state index contributed by atoms with van der Waals surface area (Å²) in [5.74, 6) is 1.77. The molecule has 2 heterocycles. The zero-order valence-corrected chi connectivity index (χ0v) is 8.94. The van der Waals surface area contributed by atoms with Crippen molar-refractivity contribution < 1.29 is 0 Å². The highest BCUT2D eigenvalue weighted by Gasteiger charge is 2.05. The van der Waals surface area contributed by atoms with Gasteiger partial charge in [0.1, 0.15) is 11.5 Å². The van der Waals surface area contributed by atoms with Gasteiger partial charge in [-0.25, -0.2) is 9.97 Å². The Labute approximate surface area is 89.0 Å². The van der Waals surface area contributed by atoms with Gasteiger partial charge < -0.3 is 9.88 Å². The number of imidazole rings is 1. The van der Waals surface area contributed by atoms with E-state index in [1.165, 1.54) is 0 Å². The summed E-state index contributed by atoms with van der Waals surface area (Å²) in [7, 11) is 1.86. The van der Waals surface area contributed by atoms with Crippen molar-refractivity contribution in [3.8, 4) is 11.5 Å². The molecule has 0 aliphatic rings. The van der Waals surface area contributed by atoms with Crippen molar-refractivity contribution in [2.75, 3.05) is 12.4 Å². The van der Waals surface area contributed by atoms with Crippen molar-refractivity contribution in [3.63, 3.8) is 0 Å². The van der Waals surface area contributed by atoms with Crippen molar-refractivity contribution >= 4 is 5.82 Å². The van der Waals surface area contributed by atoms with Crippen LogP contribution in [0.2, 0.25) is 0 Å². The Bertz CT molecular complexity index is 447. The summed E-state index contributed by atoms with van der Waals surface area (Å²) in [4.78, 5) is 8.75. The van der Waals surface area contributed by atoms with Gasteiger partial charge in [0.25, 0.3) is 0 Å². The molecule has 4 heteroatoms. The fourth-order valence-electron chi connectivity index (χ4n) is 1.50. The van der Waals surface area contributed by atoms with Crippen LogP contribution in [0, 0.1) is 0 Å². The second-order valence-electron chi connectivity index (χ2n) is 3.19. The largest absolute Gasteiger partial charge is 0.373 e. The monoisotopic (exact) mass is 202 g/mol. The Morgan fingerprint density at radius 1 is 1.40 bits per heavy atom. The van der Waals surface area contributed by atoms with E-state index in [-0.39, 0.29) is 0 Å². The van der Waals surface area contributed by atoms with Crippen molar-refractivity contribution in [2.24, 2.45) is 0 Å². The molecule has 2 rings (SSSR count). The lowest BCUT2D eigenvalue weighted by Crippen LogP contribution is -1.99. The molecule has 0 aromatic carbocycles. The van der Waals surface area contributed by atoms with E-state index in [0.29, 0.717) is 0 Å². The van der Waals surface area contributed by atoms with E-state index < -0.39 is 0 Å². The van der Waals surface area contributed by atoms with E-state index in [9.17, 15) is 0 Å². The van der Waals surface area contributed by atoms with Gasteiger partial charge in [0.15, 0.2) is 5.82 Å². The summed E-state index contributed by atoms with van der Waals surface area (Å²) >= 11 is 0. The van der Waals surface area contributed by atoms with Gasteiger partial charge in [0.2, 0.25) is 0 Å². The van der Waals surface area contributed by atoms with Gasteiger partial charge in [-0.05, 0) is 19.1 Å². The van der Waals surface area contributed by atoms with Crippen LogP contribution in [0.4, 0.5) is 5.82 Å². The fourth-order valence-corrected chi connectivity index (χ4v) is 1.50. The molecule has 15 heavy (non-hydrogen) atoms. The van der Waals surface area contributed by atoms with Gasteiger partial charge in [-0.15, -0.1) is 0 Å². The molecule has 0 aliphatic heterocycles. The van der Waals surface area contributed by atoms with Gasteiger partial charge >= 0.3 is 0 Å². The summed E-state index contributed by atoms with van der Waals surface area (Å²) in [5.41, 5.74) is 0.897. The lowest BCUT2D eigenvalue weighted by molar-refractivity contribution is 0.768. The van der Waals surface area contributed by atoms with Crippen molar-refractivity contribution in [3.05, 3.63) is 30.6 Å². The minimum Gasteiger partial charge on any atom is -0.373 e. The third-order valence-corrected chi connectivity index (χ3v) is 2.29. The Balaban J connectivity index is 2.44. The molecule has 0 saturated heterocycles. The van der Waals surface area contributed by atoms with E-state index in [1.54, 1.807) is 6.20 Å². The molecule has 4 nitrogen and oxygen atoms in total. The van der Waals surface area contributed by atoms with E-state index in [1.807, 2.05) is 31.4 Å². The number of hydrogen-bond donors (Lipinski definition) is 1. The first-order valence-corrected chi connectivity index (χ1v) is 5.01. The van der Waals surface area contributed by atoms with E-state index >= 15 is 0 Å². The molecule has 0 amide bonds. The summed E-state index contributed by atoms with van der Waals surface area (Å²) in [6.45, 7) is 2.99. The number of rotatable bonds is 3. The zero-order valence-electron chi connectivity index (χ0n) is 8.94. The number of nitrogens with one attached hydrogen (secondary N) is 1. The van der Waals surface area contributed by atoms with Crippen LogP contribution in [-0.2, 0) is 6.54 Å². The van der Waals surface area contributed by atoms with Gasteiger partial charge in [0, 0.05) is 26.0 Å². The zero-order chi connectivity index (χ0) is 10.7. The molecule has 0 unspecified atom stereocenters. The molecular formula is C11H14N4. The number of aromatic nitrogens is 3. The highest BCUT2D eigenvalue weighted by atomic mass is 15.1. The number of hydrogen-bond acceptors (Lipinski definition) is 3. The lowest BCUT2D eigenvalue weighted by atomic mass is 10.3. The predicted molar refractivity (Wildman–Crippen MR) is 60.7 cm³/mol. The van der Waals surface area contributed by atoms with Gasteiger partial charge in [-0.3, -0.25) is 0 Å². The molecule has 2 aromatic heterocycles. The average Bonchev–Trinajstić information content (AvgIpc) is 2.77. The van der Waals surface area contributed by atoms with Crippen LogP contribution >= 0.6 is 0 Å². The third kappa shape index (κ3) is 1.83. The lowest BCUT2D eigenvalue weighted by Gasteiger charge is -2.05. The summed E-state index contributed by atoms with van der Waals surface area (Å²) < 4.78 is 2.07. The topological polar surface area (TPSA) is 42.7 Å². The maximum absolute atomic E-state index is 4.45. The number of aryl methyl sites for hydroxylation is 1. The minimum atomic E-state index is 0.859. The third-order valence-electron chi connectivity index (χ3n) is 2.29. The smallest absolute Gasteiger partial charge is 0.158 e. The summed E-state index contributed by atoms with van der Waals surface area (Å²) in [6.07, 6.45) is 3.76. The first kappa shape index (κ1) is 9.71. The fraction of sp³-hybridized carbons (Fsp3) is 0.273. The van der Waals surface area contributed by atoms with Crippen LogP contribution in [0.5, 0.6) is 0 Å². The van der Waals surface area contributed by atoms with Crippen LogP contribution in [0.1, 0.15) is 6.92 Å². The molecule has 0 atom stereocenters. The second-order valence-corrected chi connectivity index (χ2v) is 3.19. The van der Waals surface area contributed by atoms with Crippen molar-refractivity contribution in [1.29, 1.82) is 0 Å². The molecule has 0 spiro atoms. The molecule has 0 saturated carbocycles. The van der Waals surface area contributed by atoms with E-state index in [2.05, 4.69) is 26.8 Å². The molecule has 0 fully saturated rings. The van der Waals surface area contributed by atoms with Crippen LogP contribution < -0.4 is 5.32 Å². The Morgan fingerprint density at radius 3 is 3.00 bits per heavy atom. The highest BCUT2D eigenvalue weighted by molar-refractivity contribution is 5.53. The van der Waals surface area contributed by atoms with Crippen LogP contribution in [0.25, 0.3) is 11.5 Å². The standard InChI is InChI=1S/C11H14N4/c1-3-15-8-7-13-11(15)9-5-4-6-10(12-2)14-9/h4-8H,3H2,1-2H3,(H,12,14). The SMILES string of the molecule is CCn1ccnc1-c1cccc(NC)n1. The Morgan fingerprint density at radius 2 is 2.27 bits per heavy atom. The number of nitrogens with zero attached hydrogens (tertiary/aromatic N) is 3. The van der Waals surface area contributed by atoms with E-state index in [4.69, 9.17) is 0 Å². The van der Waals surface area contributed by atoms with Gasteiger partial charge in [-0.1, -0.05) is 6.07 Å². The van der Waals surface area contributed by atoms with E-state index in [0.717, 1.165) is 23.9 Å². The first-order valence-electron chi connectivity index (χ1n) is 5.01. The predicted octanol–water partition coefficient (Wildman–Crippen LogP) is 2.01. The minimum absolute atomic E-state index is 0.859. The molecule has 1 N–H and O–H groups in total. The first-order chi connectivity index (χ1) is 7.35. The summed E-state index contributed by atoms with van der Waals surface area (Å²) in [6, 6.07) is 5.88. The molecule has 0 aliphatic carbocycles. The van der Waals surface area contributed by atoms with Crippen LogP contribution in [0.3, 0.4) is 0 Å². The molecule has 2 aromatic rings. The average molecular weight is 202 g/mol. The molecule has 78 valence electrons. The van der Waals surface area contributed by atoms with Crippen molar-refractivity contribution in [2.45, 2.75) is 13.5 Å². The maximum Gasteiger partial charge on any atom is 0.158 e. The quantitative estimate of drug-likeness (QED) is 0.827. The molecular weight excluding hydrogens is 188 g/mol. The molecule has 0 bridgehead atoms. The Kier molecular flexibility index (Phi) is 2.67. The van der Waals surface area contributed by atoms with Crippen molar-refractivity contribution in [1.82, 2.24) is 14.5 Å². The van der Waals surface area contributed by atoms with Crippen LogP contribution in [-0.4, -0.2) is 21.6 Å². The second kappa shape index (κ2) is 4.13. The van der Waals surface area contributed by atoms with Gasteiger partial charge in [-0.2, -0.15) is 0 Å². The summed E-state index contributed by atoms with van der Waals surface area (Å²) in [5, 5.41) is 3.02. The number of anilines is 1. The molecule has 0 radical (unpaired) electrons. The van der Waals surface area contributed by atoms with Gasteiger partial charge in [0.05, 0.1) is 0 Å². The normalized spacial score (nSPS) is 10.3. The number of pyridine rings is 1. The highest BCUT2D eigenvalue weighted by Crippen LogP contribution is 2.16. The van der Waals surface area contributed by atoms with Crippen LogP contribution in [0.15, 0.2) is 30.6 Å². The maximum atomic E-state index is 4.45.